The fourth-order valence-corrected chi connectivity index (χ4v) is 3.02. The van der Waals surface area contributed by atoms with Crippen LogP contribution in [-0.4, -0.2) is 37.7 Å². The van der Waals surface area contributed by atoms with E-state index >= 15 is 0 Å². The van der Waals surface area contributed by atoms with E-state index in [1.165, 1.54) is 0 Å². The Balaban J connectivity index is 2.34. The zero-order chi connectivity index (χ0) is 12.4. The van der Waals surface area contributed by atoms with Gasteiger partial charge in [-0.05, 0) is 24.7 Å². The smallest absolute Gasteiger partial charge is 0.0894 e. The van der Waals surface area contributed by atoms with Crippen molar-refractivity contribution in [1.29, 1.82) is 0 Å². The van der Waals surface area contributed by atoms with Crippen molar-refractivity contribution in [3.8, 4) is 0 Å². The van der Waals surface area contributed by atoms with Gasteiger partial charge in [0.2, 0.25) is 0 Å². The first-order valence-corrected chi connectivity index (χ1v) is 6.77. The molecule has 94 valence electrons. The van der Waals surface area contributed by atoms with Crippen LogP contribution in [0.5, 0.6) is 0 Å². The van der Waals surface area contributed by atoms with Gasteiger partial charge in [0.25, 0.3) is 0 Å². The predicted molar refractivity (Wildman–Crippen MR) is 73.3 cm³/mol. The van der Waals surface area contributed by atoms with Crippen LogP contribution >= 0.6 is 27.5 Å². The first kappa shape index (κ1) is 13.3. The molecule has 2 atom stereocenters. The monoisotopic (exact) mass is 318 g/mol. The highest BCUT2D eigenvalue weighted by atomic mass is 79.9. The molecule has 0 radical (unpaired) electrons. The molecule has 0 bridgehead atoms. The average Bonchev–Trinajstić information content (AvgIpc) is 2.30. The van der Waals surface area contributed by atoms with Crippen molar-refractivity contribution in [2.75, 3.05) is 26.7 Å². The summed E-state index contributed by atoms with van der Waals surface area (Å²) in [4.78, 5) is 2.25. The van der Waals surface area contributed by atoms with Gasteiger partial charge < -0.3 is 10.5 Å². The van der Waals surface area contributed by atoms with Crippen molar-refractivity contribution < 1.29 is 4.74 Å². The number of nitrogens with two attached hydrogens (primary N) is 1. The highest BCUT2D eigenvalue weighted by molar-refractivity contribution is 9.10. The summed E-state index contributed by atoms with van der Waals surface area (Å²) >= 11 is 9.71. The summed E-state index contributed by atoms with van der Waals surface area (Å²) in [5, 5.41) is 0.750. The van der Waals surface area contributed by atoms with E-state index in [9.17, 15) is 0 Å². The van der Waals surface area contributed by atoms with Crippen LogP contribution in [-0.2, 0) is 4.74 Å². The summed E-state index contributed by atoms with van der Waals surface area (Å²) in [5.41, 5.74) is 6.85. The molecule has 1 fully saturated rings. The zero-order valence-electron chi connectivity index (χ0n) is 9.70. The molecule has 5 heteroatoms. The van der Waals surface area contributed by atoms with Crippen LogP contribution in [0.2, 0.25) is 5.02 Å². The first-order chi connectivity index (χ1) is 8.13. The van der Waals surface area contributed by atoms with E-state index in [-0.39, 0.29) is 12.1 Å². The van der Waals surface area contributed by atoms with Crippen LogP contribution in [0.3, 0.4) is 0 Å². The van der Waals surface area contributed by atoms with Crippen LogP contribution in [0.1, 0.15) is 11.6 Å². The van der Waals surface area contributed by atoms with E-state index in [0.29, 0.717) is 6.54 Å². The summed E-state index contributed by atoms with van der Waals surface area (Å²) in [6.45, 7) is 2.12. The van der Waals surface area contributed by atoms with E-state index in [0.717, 1.165) is 28.2 Å². The van der Waals surface area contributed by atoms with Crippen molar-refractivity contribution in [1.82, 2.24) is 4.90 Å². The third kappa shape index (κ3) is 2.83. The zero-order valence-corrected chi connectivity index (χ0v) is 12.0. The van der Waals surface area contributed by atoms with Crippen molar-refractivity contribution >= 4 is 27.5 Å². The Morgan fingerprint density at radius 3 is 3.00 bits per heavy atom. The van der Waals surface area contributed by atoms with Crippen molar-refractivity contribution in [2.24, 2.45) is 5.73 Å². The van der Waals surface area contributed by atoms with Crippen LogP contribution in [0.15, 0.2) is 22.7 Å². The molecule has 1 heterocycles. The van der Waals surface area contributed by atoms with E-state index < -0.39 is 0 Å². The summed E-state index contributed by atoms with van der Waals surface area (Å²) in [6.07, 6.45) is 0.00688. The van der Waals surface area contributed by atoms with Gasteiger partial charge in [-0.2, -0.15) is 0 Å². The summed E-state index contributed by atoms with van der Waals surface area (Å²) in [5.74, 6) is 0. The molecule has 1 aliphatic heterocycles. The lowest BCUT2D eigenvalue weighted by Gasteiger charge is -2.39. The second-order valence-electron chi connectivity index (χ2n) is 4.24. The molecule has 0 amide bonds. The van der Waals surface area contributed by atoms with Gasteiger partial charge in [-0.1, -0.05) is 33.6 Å². The second kappa shape index (κ2) is 5.67. The first-order valence-electron chi connectivity index (χ1n) is 5.60. The molecule has 2 rings (SSSR count). The number of ether oxygens (including phenoxy) is 1. The largest absolute Gasteiger partial charge is 0.374 e. The van der Waals surface area contributed by atoms with Gasteiger partial charge in [-0.3, -0.25) is 4.90 Å². The molecule has 3 nitrogen and oxygen atoms in total. The van der Waals surface area contributed by atoms with Gasteiger partial charge in [-0.25, -0.2) is 0 Å². The average molecular weight is 320 g/mol. The third-order valence-electron chi connectivity index (χ3n) is 3.12. The van der Waals surface area contributed by atoms with Crippen LogP contribution in [0.25, 0.3) is 0 Å². The minimum absolute atomic E-state index is 0.00688. The van der Waals surface area contributed by atoms with Gasteiger partial charge in [-0.15, -0.1) is 0 Å². The van der Waals surface area contributed by atoms with E-state index in [1.807, 2.05) is 18.2 Å². The Morgan fingerprint density at radius 1 is 1.59 bits per heavy atom. The lowest BCUT2D eigenvalue weighted by Crippen LogP contribution is -2.46. The van der Waals surface area contributed by atoms with Crippen molar-refractivity contribution in [3.63, 3.8) is 0 Å². The molecule has 0 aromatic heterocycles. The molecule has 1 aromatic rings. The second-order valence-corrected chi connectivity index (χ2v) is 5.56. The van der Waals surface area contributed by atoms with Crippen molar-refractivity contribution in [3.05, 3.63) is 33.3 Å². The van der Waals surface area contributed by atoms with Gasteiger partial charge in [0, 0.05) is 22.6 Å². The Labute approximate surface area is 115 Å². The van der Waals surface area contributed by atoms with Crippen LogP contribution in [0, 0.1) is 0 Å². The maximum absolute atomic E-state index is 6.30. The molecule has 17 heavy (non-hydrogen) atoms. The number of halogens is 2. The molecule has 1 aromatic carbocycles. The maximum atomic E-state index is 6.30. The molecule has 2 unspecified atom stereocenters. The normalized spacial score (nSPS) is 26.1. The quantitative estimate of drug-likeness (QED) is 0.910. The number of hydrogen-bond donors (Lipinski definition) is 1. The summed E-state index contributed by atoms with van der Waals surface area (Å²) in [6, 6.07) is 6.07. The Kier molecular flexibility index (Phi) is 4.44. The Morgan fingerprint density at radius 2 is 2.35 bits per heavy atom. The van der Waals surface area contributed by atoms with E-state index in [1.54, 1.807) is 0 Å². The maximum Gasteiger partial charge on any atom is 0.0894 e. The molecule has 0 aliphatic carbocycles. The topological polar surface area (TPSA) is 38.5 Å². The Hall–Kier alpha value is -0.130. The van der Waals surface area contributed by atoms with Gasteiger partial charge in [0.1, 0.15) is 0 Å². The van der Waals surface area contributed by atoms with Crippen LogP contribution in [0.4, 0.5) is 0 Å². The number of likely N-dealkylation sites (N-methyl/N-ethyl adjacent to an activating group) is 1. The van der Waals surface area contributed by atoms with Gasteiger partial charge >= 0.3 is 0 Å². The number of morpholine rings is 1. The molecule has 0 spiro atoms. The number of rotatable bonds is 2. The summed E-state index contributed by atoms with van der Waals surface area (Å²) in [7, 11) is 2.08. The molecular formula is C12H16BrClN2O. The highest BCUT2D eigenvalue weighted by Gasteiger charge is 2.31. The minimum atomic E-state index is 0.00688. The van der Waals surface area contributed by atoms with E-state index in [4.69, 9.17) is 22.1 Å². The van der Waals surface area contributed by atoms with Gasteiger partial charge in [0.05, 0.1) is 18.8 Å². The Bertz CT molecular complexity index is 402. The van der Waals surface area contributed by atoms with Crippen LogP contribution < -0.4 is 5.73 Å². The predicted octanol–water partition coefficient (Wildman–Crippen LogP) is 2.43. The molecular weight excluding hydrogens is 304 g/mol. The third-order valence-corrected chi connectivity index (χ3v) is 3.94. The fourth-order valence-electron chi connectivity index (χ4n) is 2.24. The van der Waals surface area contributed by atoms with Gasteiger partial charge in [0.15, 0.2) is 0 Å². The summed E-state index contributed by atoms with van der Waals surface area (Å²) < 4.78 is 6.69. The fraction of sp³-hybridized carbons (Fsp3) is 0.500. The number of benzene rings is 1. The lowest BCUT2D eigenvalue weighted by atomic mass is 9.98. The number of nitrogens with zero attached hydrogens (tertiary/aromatic N) is 1. The SMILES string of the molecule is CN1CCOC(CN)C1c1ccc(Br)cc1Cl. The lowest BCUT2D eigenvalue weighted by molar-refractivity contribution is -0.0576. The molecule has 0 saturated carbocycles. The minimum Gasteiger partial charge on any atom is -0.374 e. The highest BCUT2D eigenvalue weighted by Crippen LogP contribution is 2.34. The standard InChI is InChI=1S/C12H16BrClN2O/c1-16-4-5-17-11(7-15)12(16)9-3-2-8(13)6-10(9)14/h2-3,6,11-12H,4-5,7,15H2,1H3. The van der Waals surface area contributed by atoms with Crippen molar-refractivity contribution in [2.45, 2.75) is 12.1 Å². The molecule has 1 aliphatic rings. The number of hydrogen-bond acceptors (Lipinski definition) is 3. The molecule has 1 saturated heterocycles. The molecule has 2 N–H and O–H groups in total. The van der Waals surface area contributed by atoms with E-state index in [2.05, 4.69) is 27.9 Å².